The van der Waals surface area contributed by atoms with Gasteiger partial charge in [-0.05, 0) is 36.8 Å². The molecule has 0 spiro atoms. The van der Waals surface area contributed by atoms with E-state index in [1.54, 1.807) is 37.3 Å². The zero-order chi connectivity index (χ0) is 15.2. The number of hydrogen-bond donors (Lipinski definition) is 2. The third kappa shape index (κ3) is 4.48. The molecule has 0 heterocycles. The van der Waals surface area contributed by atoms with E-state index in [-0.39, 0.29) is 12.5 Å². The number of hydrogen-bond acceptors (Lipinski definition) is 3. The van der Waals surface area contributed by atoms with E-state index in [0.717, 1.165) is 0 Å². The summed E-state index contributed by atoms with van der Waals surface area (Å²) in [5.41, 5.74) is 1.41. The summed E-state index contributed by atoms with van der Waals surface area (Å²) < 4.78 is 5.38. The molecule has 0 aromatic heterocycles. The highest BCUT2D eigenvalue weighted by atomic mass is 35.5. The Kier molecular flexibility index (Phi) is 5.20. The highest BCUT2D eigenvalue weighted by molar-refractivity contribution is 6.32. The molecule has 110 valence electrons. The van der Waals surface area contributed by atoms with Crippen molar-refractivity contribution in [1.29, 1.82) is 0 Å². The molecule has 0 fully saturated rings. The normalized spacial score (nSPS) is 11.8. The number of amides is 1. The first-order valence-electron chi connectivity index (χ1n) is 6.51. The number of ether oxygens (including phenoxy) is 1. The predicted octanol–water partition coefficient (Wildman–Crippen LogP) is 3.41. The lowest BCUT2D eigenvalue weighted by molar-refractivity contribution is -0.118. The van der Waals surface area contributed by atoms with Crippen LogP contribution in [0.5, 0.6) is 5.75 Å². The molecule has 1 unspecified atom stereocenters. The van der Waals surface area contributed by atoms with Crippen molar-refractivity contribution in [1.82, 2.24) is 0 Å². The van der Waals surface area contributed by atoms with Gasteiger partial charge >= 0.3 is 0 Å². The van der Waals surface area contributed by atoms with Gasteiger partial charge < -0.3 is 15.2 Å². The maximum absolute atomic E-state index is 11.8. The van der Waals surface area contributed by atoms with Gasteiger partial charge in [0.1, 0.15) is 5.75 Å². The SMILES string of the molecule is CC(O)c1ccc(OCC(=O)Nc2ccccc2)c(Cl)c1. The molecular weight excluding hydrogens is 290 g/mol. The molecule has 21 heavy (non-hydrogen) atoms. The molecule has 0 aliphatic carbocycles. The van der Waals surface area contributed by atoms with Crippen molar-refractivity contribution in [2.24, 2.45) is 0 Å². The Hall–Kier alpha value is -2.04. The number of carbonyl (C=O) groups is 1. The van der Waals surface area contributed by atoms with Crippen molar-refractivity contribution in [3.8, 4) is 5.75 Å². The number of para-hydroxylation sites is 1. The van der Waals surface area contributed by atoms with Crippen LogP contribution in [0.1, 0.15) is 18.6 Å². The van der Waals surface area contributed by atoms with Crippen molar-refractivity contribution >= 4 is 23.2 Å². The highest BCUT2D eigenvalue weighted by Gasteiger charge is 2.09. The van der Waals surface area contributed by atoms with Crippen molar-refractivity contribution in [2.75, 3.05) is 11.9 Å². The van der Waals surface area contributed by atoms with Gasteiger partial charge in [0.25, 0.3) is 5.91 Å². The summed E-state index contributed by atoms with van der Waals surface area (Å²) in [4.78, 5) is 11.8. The van der Waals surface area contributed by atoms with Crippen molar-refractivity contribution in [2.45, 2.75) is 13.0 Å². The van der Waals surface area contributed by atoms with Gasteiger partial charge in [0.05, 0.1) is 11.1 Å². The van der Waals surface area contributed by atoms with Crippen LogP contribution >= 0.6 is 11.6 Å². The Morgan fingerprint density at radius 1 is 1.29 bits per heavy atom. The van der Waals surface area contributed by atoms with Crippen LogP contribution in [0.15, 0.2) is 48.5 Å². The smallest absolute Gasteiger partial charge is 0.262 e. The quantitative estimate of drug-likeness (QED) is 0.890. The first-order chi connectivity index (χ1) is 10.1. The molecule has 1 atom stereocenters. The lowest BCUT2D eigenvalue weighted by Gasteiger charge is -2.11. The maximum Gasteiger partial charge on any atom is 0.262 e. The number of aliphatic hydroxyl groups excluding tert-OH is 1. The summed E-state index contributed by atoms with van der Waals surface area (Å²) in [6.45, 7) is 1.52. The van der Waals surface area contributed by atoms with E-state index < -0.39 is 6.10 Å². The van der Waals surface area contributed by atoms with E-state index in [1.807, 2.05) is 18.2 Å². The monoisotopic (exact) mass is 305 g/mol. The molecule has 2 N–H and O–H groups in total. The van der Waals surface area contributed by atoms with Crippen molar-refractivity contribution in [3.05, 3.63) is 59.1 Å². The van der Waals surface area contributed by atoms with E-state index in [0.29, 0.717) is 22.0 Å². The van der Waals surface area contributed by atoms with Crippen LogP contribution in [-0.2, 0) is 4.79 Å². The fraction of sp³-hybridized carbons (Fsp3) is 0.188. The molecule has 4 nitrogen and oxygen atoms in total. The number of benzene rings is 2. The minimum atomic E-state index is -0.599. The van der Waals surface area contributed by atoms with Gasteiger partial charge in [-0.15, -0.1) is 0 Å². The lowest BCUT2D eigenvalue weighted by Crippen LogP contribution is -2.20. The Morgan fingerprint density at radius 3 is 2.62 bits per heavy atom. The van der Waals surface area contributed by atoms with Gasteiger partial charge in [0.2, 0.25) is 0 Å². The van der Waals surface area contributed by atoms with E-state index in [1.165, 1.54) is 0 Å². The van der Waals surface area contributed by atoms with E-state index >= 15 is 0 Å². The van der Waals surface area contributed by atoms with Crippen LogP contribution in [-0.4, -0.2) is 17.6 Å². The number of rotatable bonds is 5. The van der Waals surface area contributed by atoms with Gasteiger partial charge in [-0.25, -0.2) is 0 Å². The van der Waals surface area contributed by atoms with Crippen LogP contribution in [0, 0.1) is 0 Å². The molecular formula is C16H16ClNO3. The molecule has 5 heteroatoms. The molecule has 2 aromatic carbocycles. The third-order valence-corrected chi connectivity index (χ3v) is 3.15. The fourth-order valence-corrected chi connectivity index (χ4v) is 2.00. The number of halogens is 1. The van der Waals surface area contributed by atoms with Gasteiger partial charge in [-0.3, -0.25) is 4.79 Å². The minimum absolute atomic E-state index is 0.136. The predicted molar refractivity (Wildman–Crippen MR) is 82.7 cm³/mol. The second-order valence-corrected chi connectivity index (χ2v) is 4.98. The van der Waals surface area contributed by atoms with E-state index in [2.05, 4.69) is 5.32 Å². The van der Waals surface area contributed by atoms with Gasteiger partial charge in [0.15, 0.2) is 6.61 Å². The van der Waals surface area contributed by atoms with Crippen molar-refractivity contribution in [3.63, 3.8) is 0 Å². The standard InChI is InChI=1S/C16H16ClNO3/c1-11(19)12-7-8-15(14(17)9-12)21-10-16(20)18-13-5-3-2-4-6-13/h2-9,11,19H,10H2,1H3,(H,18,20). The number of anilines is 1. The van der Waals surface area contributed by atoms with E-state index in [9.17, 15) is 9.90 Å². The average molecular weight is 306 g/mol. The second-order valence-electron chi connectivity index (χ2n) is 4.57. The molecule has 0 bridgehead atoms. The first-order valence-corrected chi connectivity index (χ1v) is 6.89. The average Bonchev–Trinajstić information content (AvgIpc) is 2.47. The summed E-state index contributed by atoms with van der Waals surface area (Å²) in [5.74, 6) is 0.140. The molecule has 0 aliphatic rings. The fourth-order valence-electron chi connectivity index (χ4n) is 1.76. The topological polar surface area (TPSA) is 58.6 Å². The highest BCUT2D eigenvalue weighted by Crippen LogP contribution is 2.27. The maximum atomic E-state index is 11.8. The van der Waals surface area contributed by atoms with Crippen LogP contribution in [0.3, 0.4) is 0 Å². The van der Waals surface area contributed by atoms with Crippen LogP contribution < -0.4 is 10.1 Å². The third-order valence-electron chi connectivity index (χ3n) is 2.85. The molecule has 2 aromatic rings. The van der Waals surface area contributed by atoms with Gasteiger partial charge in [0, 0.05) is 5.69 Å². The Labute approximate surface area is 128 Å². The zero-order valence-electron chi connectivity index (χ0n) is 11.5. The molecule has 0 saturated heterocycles. The molecule has 0 saturated carbocycles. The van der Waals surface area contributed by atoms with Gasteiger partial charge in [-0.2, -0.15) is 0 Å². The van der Waals surface area contributed by atoms with E-state index in [4.69, 9.17) is 16.3 Å². The first kappa shape index (κ1) is 15.4. The molecule has 0 aliphatic heterocycles. The van der Waals surface area contributed by atoms with Crippen molar-refractivity contribution < 1.29 is 14.6 Å². The minimum Gasteiger partial charge on any atom is -0.482 e. The summed E-state index contributed by atoms with van der Waals surface area (Å²) in [6.07, 6.45) is -0.599. The summed E-state index contributed by atoms with van der Waals surface area (Å²) in [7, 11) is 0. The summed E-state index contributed by atoms with van der Waals surface area (Å²) >= 11 is 6.05. The van der Waals surface area contributed by atoms with Crippen LogP contribution in [0.25, 0.3) is 0 Å². The lowest BCUT2D eigenvalue weighted by atomic mass is 10.1. The Bertz CT molecular complexity index is 614. The second kappa shape index (κ2) is 7.11. The number of aliphatic hydroxyl groups is 1. The van der Waals surface area contributed by atoms with Crippen LogP contribution in [0.4, 0.5) is 5.69 Å². The van der Waals surface area contributed by atoms with Crippen LogP contribution in [0.2, 0.25) is 5.02 Å². The largest absolute Gasteiger partial charge is 0.482 e. The molecule has 2 rings (SSSR count). The molecule has 0 radical (unpaired) electrons. The summed E-state index contributed by atoms with van der Waals surface area (Å²) in [6, 6.07) is 14.1. The Morgan fingerprint density at radius 2 is 2.00 bits per heavy atom. The number of nitrogens with one attached hydrogen (secondary N) is 1. The Balaban J connectivity index is 1.92. The van der Waals surface area contributed by atoms with Gasteiger partial charge in [-0.1, -0.05) is 35.9 Å². The zero-order valence-corrected chi connectivity index (χ0v) is 12.3. The molecule has 1 amide bonds. The number of carbonyl (C=O) groups excluding carboxylic acids is 1. The summed E-state index contributed by atoms with van der Waals surface area (Å²) in [5, 5.41) is 12.5.